The summed E-state index contributed by atoms with van der Waals surface area (Å²) >= 11 is 3.25. The van der Waals surface area contributed by atoms with Crippen molar-refractivity contribution < 1.29 is 17.9 Å². The molecule has 0 saturated carbocycles. The van der Waals surface area contributed by atoms with Gasteiger partial charge in [0.1, 0.15) is 6.04 Å². The predicted octanol–water partition coefficient (Wildman–Crippen LogP) is 2.51. The molecular formula is C16H16BrNO4S. The van der Waals surface area contributed by atoms with E-state index in [2.05, 4.69) is 20.7 Å². The number of esters is 1. The van der Waals surface area contributed by atoms with E-state index in [1.807, 2.05) is 30.3 Å². The first-order valence-corrected chi connectivity index (χ1v) is 9.09. The average molecular weight is 398 g/mol. The van der Waals surface area contributed by atoms with Gasteiger partial charge in [0.05, 0.1) is 12.0 Å². The van der Waals surface area contributed by atoms with Crippen LogP contribution in [0.1, 0.15) is 5.56 Å². The first-order valence-electron chi connectivity index (χ1n) is 6.82. The highest BCUT2D eigenvalue weighted by Gasteiger charge is 2.26. The molecule has 0 heterocycles. The van der Waals surface area contributed by atoms with Crippen LogP contribution in [0.25, 0.3) is 0 Å². The fourth-order valence-corrected chi connectivity index (χ4v) is 3.48. The van der Waals surface area contributed by atoms with E-state index < -0.39 is 22.0 Å². The highest BCUT2D eigenvalue weighted by Crippen LogP contribution is 2.16. The zero-order valence-corrected chi connectivity index (χ0v) is 14.8. The number of methoxy groups -OCH3 is 1. The summed E-state index contributed by atoms with van der Waals surface area (Å²) < 4.78 is 32.8. The van der Waals surface area contributed by atoms with Gasteiger partial charge in [-0.3, -0.25) is 4.79 Å². The Balaban J connectivity index is 2.23. The summed E-state index contributed by atoms with van der Waals surface area (Å²) in [7, 11) is -2.59. The van der Waals surface area contributed by atoms with Crippen LogP contribution < -0.4 is 4.72 Å². The standard InChI is InChI=1S/C16H16BrNO4S/c1-22-16(19)15(11-12-5-3-2-4-6-12)18-23(20,21)14-9-7-13(17)8-10-14/h2-10,15,18H,11H2,1H3/t15-/m0/s1. The van der Waals surface area contributed by atoms with Crippen molar-refractivity contribution in [2.24, 2.45) is 0 Å². The second kappa shape index (κ2) is 7.72. The second-order valence-corrected chi connectivity index (χ2v) is 7.47. The van der Waals surface area contributed by atoms with E-state index in [0.29, 0.717) is 0 Å². The predicted molar refractivity (Wildman–Crippen MR) is 90.4 cm³/mol. The van der Waals surface area contributed by atoms with Gasteiger partial charge in [0.15, 0.2) is 0 Å². The molecule has 0 bridgehead atoms. The van der Waals surface area contributed by atoms with Crippen molar-refractivity contribution in [3.05, 3.63) is 64.6 Å². The van der Waals surface area contributed by atoms with Gasteiger partial charge < -0.3 is 4.74 Å². The molecule has 0 aliphatic carbocycles. The molecule has 2 rings (SSSR count). The van der Waals surface area contributed by atoms with Crippen LogP contribution in [0, 0.1) is 0 Å². The van der Waals surface area contributed by atoms with Gasteiger partial charge in [0.25, 0.3) is 0 Å². The number of rotatable bonds is 6. The number of sulfonamides is 1. The van der Waals surface area contributed by atoms with Gasteiger partial charge in [0.2, 0.25) is 10.0 Å². The monoisotopic (exact) mass is 397 g/mol. The lowest BCUT2D eigenvalue weighted by atomic mass is 10.1. The maximum Gasteiger partial charge on any atom is 0.324 e. The Morgan fingerprint density at radius 3 is 2.30 bits per heavy atom. The van der Waals surface area contributed by atoms with Crippen molar-refractivity contribution in [1.29, 1.82) is 0 Å². The third-order valence-corrected chi connectivity index (χ3v) is 5.21. The summed E-state index contributed by atoms with van der Waals surface area (Å²) in [6, 6.07) is 14.3. The Labute approximate surface area is 143 Å². The van der Waals surface area contributed by atoms with E-state index in [9.17, 15) is 13.2 Å². The zero-order valence-electron chi connectivity index (χ0n) is 12.4. The number of nitrogens with one attached hydrogen (secondary N) is 1. The average Bonchev–Trinajstić information content (AvgIpc) is 2.54. The molecular weight excluding hydrogens is 382 g/mol. The van der Waals surface area contributed by atoms with Crippen LogP contribution >= 0.6 is 15.9 Å². The third kappa shape index (κ3) is 4.89. The Hall–Kier alpha value is -1.70. The van der Waals surface area contributed by atoms with Crippen LogP contribution in [0.15, 0.2) is 64.0 Å². The molecule has 1 atom stereocenters. The van der Waals surface area contributed by atoms with Gasteiger partial charge in [-0.2, -0.15) is 4.72 Å². The summed E-state index contributed by atoms with van der Waals surface area (Å²) in [5.41, 5.74) is 0.835. The molecule has 2 aromatic rings. The van der Waals surface area contributed by atoms with Crippen LogP contribution in [0.5, 0.6) is 0 Å². The highest BCUT2D eigenvalue weighted by atomic mass is 79.9. The summed E-state index contributed by atoms with van der Waals surface area (Å²) in [4.78, 5) is 12.0. The Bertz CT molecular complexity index is 760. The van der Waals surface area contributed by atoms with Crippen LogP contribution in [0.3, 0.4) is 0 Å². The minimum absolute atomic E-state index is 0.0858. The van der Waals surface area contributed by atoms with Crippen LogP contribution in [0.4, 0.5) is 0 Å². The van der Waals surface area contributed by atoms with E-state index >= 15 is 0 Å². The molecule has 0 amide bonds. The first kappa shape index (κ1) is 17.7. The SMILES string of the molecule is COC(=O)[C@H](Cc1ccccc1)NS(=O)(=O)c1ccc(Br)cc1. The van der Waals surface area contributed by atoms with E-state index in [1.165, 1.54) is 19.2 Å². The Morgan fingerprint density at radius 1 is 1.13 bits per heavy atom. The molecule has 0 aromatic heterocycles. The highest BCUT2D eigenvalue weighted by molar-refractivity contribution is 9.10. The molecule has 1 N–H and O–H groups in total. The lowest BCUT2D eigenvalue weighted by molar-refractivity contribution is -0.142. The lowest BCUT2D eigenvalue weighted by Crippen LogP contribution is -2.42. The smallest absolute Gasteiger partial charge is 0.324 e. The number of carbonyl (C=O) groups excluding carboxylic acids is 1. The van der Waals surface area contributed by atoms with Gasteiger partial charge in [-0.05, 0) is 36.2 Å². The number of ether oxygens (including phenoxy) is 1. The molecule has 0 spiro atoms. The van der Waals surface area contributed by atoms with Crippen molar-refractivity contribution in [3.63, 3.8) is 0 Å². The largest absolute Gasteiger partial charge is 0.468 e. The van der Waals surface area contributed by atoms with E-state index in [-0.39, 0.29) is 11.3 Å². The molecule has 0 unspecified atom stereocenters. The summed E-state index contributed by atoms with van der Waals surface area (Å²) in [6.45, 7) is 0. The van der Waals surface area contributed by atoms with Crippen molar-refractivity contribution in [3.8, 4) is 0 Å². The number of benzene rings is 2. The molecule has 122 valence electrons. The number of hydrogen-bond donors (Lipinski definition) is 1. The first-order chi connectivity index (χ1) is 10.9. The molecule has 0 fully saturated rings. The molecule has 2 aromatic carbocycles. The Kier molecular flexibility index (Phi) is 5.92. The van der Waals surface area contributed by atoms with Crippen molar-refractivity contribution in [1.82, 2.24) is 4.72 Å². The quantitative estimate of drug-likeness (QED) is 0.760. The summed E-state index contributed by atoms with van der Waals surface area (Å²) in [6.07, 6.45) is 0.212. The van der Waals surface area contributed by atoms with E-state index in [1.54, 1.807) is 12.1 Å². The minimum atomic E-state index is -3.82. The number of halogens is 1. The molecule has 0 aliphatic rings. The van der Waals surface area contributed by atoms with Crippen molar-refractivity contribution in [2.45, 2.75) is 17.4 Å². The Morgan fingerprint density at radius 2 is 1.74 bits per heavy atom. The second-order valence-electron chi connectivity index (χ2n) is 4.84. The molecule has 23 heavy (non-hydrogen) atoms. The summed E-state index contributed by atoms with van der Waals surface area (Å²) in [5.74, 6) is -0.630. The molecule has 5 nitrogen and oxygen atoms in total. The molecule has 0 aliphatic heterocycles. The van der Waals surface area contributed by atoms with Gasteiger partial charge in [-0.25, -0.2) is 8.42 Å². The van der Waals surface area contributed by atoms with Crippen molar-refractivity contribution >= 4 is 31.9 Å². The molecule has 0 radical (unpaired) electrons. The van der Waals surface area contributed by atoms with Crippen molar-refractivity contribution in [2.75, 3.05) is 7.11 Å². The molecule has 0 saturated heterocycles. The lowest BCUT2D eigenvalue weighted by Gasteiger charge is -2.17. The normalized spacial score (nSPS) is 12.6. The van der Waals surface area contributed by atoms with E-state index in [0.717, 1.165) is 10.0 Å². The van der Waals surface area contributed by atoms with Crippen LogP contribution in [0.2, 0.25) is 0 Å². The number of hydrogen-bond acceptors (Lipinski definition) is 4. The van der Waals surface area contributed by atoms with Gasteiger partial charge in [-0.1, -0.05) is 46.3 Å². The molecule has 7 heteroatoms. The zero-order chi connectivity index (χ0) is 16.9. The summed E-state index contributed by atoms with van der Waals surface area (Å²) in [5, 5.41) is 0. The van der Waals surface area contributed by atoms with E-state index in [4.69, 9.17) is 4.74 Å². The fraction of sp³-hybridized carbons (Fsp3) is 0.188. The van der Waals surface area contributed by atoms with Gasteiger partial charge in [-0.15, -0.1) is 0 Å². The fourth-order valence-electron chi connectivity index (χ4n) is 2.03. The maximum atomic E-state index is 12.4. The third-order valence-electron chi connectivity index (χ3n) is 3.19. The van der Waals surface area contributed by atoms with Gasteiger partial charge >= 0.3 is 5.97 Å². The number of carbonyl (C=O) groups is 1. The van der Waals surface area contributed by atoms with Crippen LogP contribution in [-0.2, 0) is 26.0 Å². The van der Waals surface area contributed by atoms with Crippen LogP contribution in [-0.4, -0.2) is 27.5 Å². The maximum absolute atomic E-state index is 12.4. The topological polar surface area (TPSA) is 72.5 Å². The van der Waals surface area contributed by atoms with Gasteiger partial charge in [0, 0.05) is 4.47 Å². The minimum Gasteiger partial charge on any atom is -0.468 e.